The van der Waals surface area contributed by atoms with E-state index in [4.69, 9.17) is 19.4 Å². The van der Waals surface area contributed by atoms with Crippen LogP contribution in [0.4, 0.5) is 9.59 Å². The highest BCUT2D eigenvalue weighted by Crippen LogP contribution is 2.30. The molecule has 0 saturated heterocycles. The SMILES string of the molecule is CC(C)C(NC(=O)OC(C)(C)C)c1nc(-c2ccc(-c3ccc(-c4cn(C)c(C(NC(=O)OC(C)(C)C)C(C)C)n4)cc3)cc2)cn1C. The predicted octanol–water partition coefficient (Wildman–Crippen LogP) is 8.60. The zero-order valence-electron chi connectivity index (χ0n) is 30.5. The van der Waals surface area contributed by atoms with Crippen LogP contribution in [0, 0.1) is 11.8 Å². The van der Waals surface area contributed by atoms with E-state index in [9.17, 15) is 9.59 Å². The number of aryl methyl sites for hydroxylation is 2. The van der Waals surface area contributed by atoms with Crippen molar-refractivity contribution in [3.8, 4) is 33.6 Å². The van der Waals surface area contributed by atoms with Crippen LogP contribution in [0.3, 0.4) is 0 Å². The van der Waals surface area contributed by atoms with Gasteiger partial charge in [-0.2, -0.15) is 0 Å². The van der Waals surface area contributed by atoms with Crippen molar-refractivity contribution < 1.29 is 19.1 Å². The fraction of sp³-hybridized carbons (Fsp3) is 0.474. The second kappa shape index (κ2) is 14.3. The standard InChI is InChI=1S/C38H52N6O4/c1-23(2)31(41-35(45)47-37(5,6)7)33-39-29(21-43(33)11)27-17-13-25(14-18-27)26-15-19-28(20-16-26)30-22-44(12)34(40-30)32(24(3)4)42-36(46)48-38(8,9)10/h13-24,31-32H,1-12H3,(H,41,45)(H,42,46). The van der Waals surface area contributed by atoms with Gasteiger partial charge < -0.3 is 29.2 Å². The largest absolute Gasteiger partial charge is 0.444 e. The summed E-state index contributed by atoms with van der Waals surface area (Å²) < 4.78 is 14.9. The van der Waals surface area contributed by atoms with E-state index in [2.05, 4.69) is 86.9 Å². The van der Waals surface area contributed by atoms with Crippen molar-refractivity contribution in [2.75, 3.05) is 0 Å². The lowest BCUT2D eigenvalue weighted by atomic mass is 10.0. The van der Waals surface area contributed by atoms with Crippen LogP contribution in [0.1, 0.15) is 93.0 Å². The maximum Gasteiger partial charge on any atom is 0.408 e. The molecule has 0 radical (unpaired) electrons. The zero-order valence-corrected chi connectivity index (χ0v) is 30.5. The maximum atomic E-state index is 12.6. The number of benzene rings is 2. The summed E-state index contributed by atoms with van der Waals surface area (Å²) in [5, 5.41) is 6.00. The van der Waals surface area contributed by atoms with E-state index < -0.39 is 23.4 Å². The molecule has 2 atom stereocenters. The topological polar surface area (TPSA) is 112 Å². The van der Waals surface area contributed by atoms with E-state index in [1.54, 1.807) is 0 Å². The smallest absolute Gasteiger partial charge is 0.408 e. The van der Waals surface area contributed by atoms with Crippen LogP contribution >= 0.6 is 0 Å². The number of hydrogen-bond acceptors (Lipinski definition) is 6. The average Bonchev–Trinajstić information content (AvgIpc) is 3.55. The van der Waals surface area contributed by atoms with E-state index >= 15 is 0 Å². The average molecular weight is 657 g/mol. The van der Waals surface area contributed by atoms with E-state index in [0.717, 1.165) is 45.3 Å². The molecule has 0 fully saturated rings. The summed E-state index contributed by atoms with van der Waals surface area (Å²) in [5.41, 5.74) is 4.63. The highest BCUT2D eigenvalue weighted by molar-refractivity contribution is 5.72. The molecule has 4 rings (SSSR count). The lowest BCUT2D eigenvalue weighted by molar-refractivity contribution is 0.0474. The highest BCUT2D eigenvalue weighted by atomic mass is 16.6. The fourth-order valence-corrected chi connectivity index (χ4v) is 5.41. The first-order valence-electron chi connectivity index (χ1n) is 16.6. The molecular formula is C38H52N6O4. The second-order valence-electron chi connectivity index (χ2n) is 15.1. The number of nitrogens with one attached hydrogen (secondary N) is 2. The number of rotatable bonds is 9. The number of imidazole rings is 2. The third kappa shape index (κ3) is 9.27. The minimum Gasteiger partial charge on any atom is -0.444 e. The number of hydrogen-bond donors (Lipinski definition) is 2. The molecule has 2 aromatic heterocycles. The molecule has 0 aliphatic carbocycles. The van der Waals surface area contributed by atoms with Crippen LogP contribution in [0.5, 0.6) is 0 Å². The van der Waals surface area contributed by atoms with Crippen molar-refractivity contribution >= 4 is 12.2 Å². The van der Waals surface area contributed by atoms with Crippen molar-refractivity contribution in [3.63, 3.8) is 0 Å². The summed E-state index contributed by atoms with van der Waals surface area (Å²) in [4.78, 5) is 34.9. The van der Waals surface area contributed by atoms with Crippen LogP contribution in [0.25, 0.3) is 33.6 Å². The number of carbonyl (C=O) groups excluding carboxylic acids is 2. The Bertz CT molecular complexity index is 1580. The summed E-state index contributed by atoms with van der Waals surface area (Å²) in [7, 11) is 3.89. The van der Waals surface area contributed by atoms with Crippen molar-refractivity contribution in [2.45, 2.75) is 92.5 Å². The molecule has 0 saturated carbocycles. The molecule has 0 aliphatic rings. The van der Waals surface area contributed by atoms with Gasteiger partial charge in [-0.1, -0.05) is 76.2 Å². The number of amides is 2. The lowest BCUT2D eigenvalue weighted by Crippen LogP contribution is -2.37. The minimum atomic E-state index is -0.582. The molecule has 2 aromatic carbocycles. The first-order valence-corrected chi connectivity index (χ1v) is 16.6. The van der Waals surface area contributed by atoms with E-state index in [1.807, 2.05) is 77.2 Å². The summed E-state index contributed by atoms with van der Waals surface area (Å²) in [5.74, 6) is 1.76. The van der Waals surface area contributed by atoms with Gasteiger partial charge in [0.15, 0.2) is 0 Å². The Labute approximate surface area is 285 Å². The Morgan fingerprint density at radius 3 is 1.15 bits per heavy atom. The van der Waals surface area contributed by atoms with Gasteiger partial charge in [-0.3, -0.25) is 0 Å². The maximum absolute atomic E-state index is 12.6. The van der Waals surface area contributed by atoms with Gasteiger partial charge in [-0.25, -0.2) is 19.6 Å². The van der Waals surface area contributed by atoms with Crippen LogP contribution < -0.4 is 10.6 Å². The van der Waals surface area contributed by atoms with Gasteiger partial charge in [0, 0.05) is 37.6 Å². The zero-order chi connectivity index (χ0) is 35.6. The molecule has 0 aliphatic heterocycles. The molecule has 10 nitrogen and oxygen atoms in total. The monoisotopic (exact) mass is 656 g/mol. The summed E-state index contributed by atoms with van der Waals surface area (Å²) in [6.45, 7) is 19.3. The van der Waals surface area contributed by atoms with Crippen molar-refractivity contribution in [1.29, 1.82) is 0 Å². The van der Waals surface area contributed by atoms with Gasteiger partial charge in [-0.15, -0.1) is 0 Å². The quantitative estimate of drug-likeness (QED) is 0.187. The first kappa shape index (κ1) is 36.2. The van der Waals surface area contributed by atoms with Crippen LogP contribution in [0.2, 0.25) is 0 Å². The molecule has 10 heteroatoms. The summed E-state index contributed by atoms with van der Waals surface area (Å²) >= 11 is 0. The van der Waals surface area contributed by atoms with Crippen LogP contribution in [0.15, 0.2) is 60.9 Å². The molecule has 258 valence electrons. The van der Waals surface area contributed by atoms with Gasteiger partial charge in [-0.05, 0) is 64.5 Å². The van der Waals surface area contributed by atoms with Crippen molar-refractivity contribution in [2.24, 2.45) is 25.9 Å². The Morgan fingerprint density at radius 2 is 0.875 bits per heavy atom. The third-order valence-electron chi connectivity index (χ3n) is 7.75. The number of ether oxygens (including phenoxy) is 2. The molecule has 2 heterocycles. The number of aromatic nitrogens is 4. The Hall–Kier alpha value is -4.60. The Balaban J connectivity index is 1.49. The molecule has 0 bridgehead atoms. The van der Waals surface area contributed by atoms with E-state index in [-0.39, 0.29) is 23.9 Å². The third-order valence-corrected chi connectivity index (χ3v) is 7.75. The molecule has 4 aromatic rings. The molecule has 0 spiro atoms. The van der Waals surface area contributed by atoms with Crippen molar-refractivity contribution in [3.05, 3.63) is 72.6 Å². The summed E-state index contributed by atoms with van der Waals surface area (Å²) in [6.07, 6.45) is 3.05. The van der Waals surface area contributed by atoms with Gasteiger partial charge in [0.05, 0.1) is 23.5 Å². The molecular weight excluding hydrogens is 604 g/mol. The number of carbonyl (C=O) groups is 2. The van der Waals surface area contributed by atoms with Gasteiger partial charge >= 0.3 is 12.2 Å². The second-order valence-corrected chi connectivity index (χ2v) is 15.1. The highest BCUT2D eigenvalue weighted by Gasteiger charge is 2.28. The van der Waals surface area contributed by atoms with Gasteiger partial charge in [0.2, 0.25) is 0 Å². The van der Waals surface area contributed by atoms with E-state index in [1.165, 1.54) is 0 Å². The number of alkyl carbamates (subject to hydrolysis) is 2. The minimum absolute atomic E-state index is 0.111. The first-order chi connectivity index (χ1) is 22.3. The Morgan fingerprint density at radius 1 is 0.583 bits per heavy atom. The lowest BCUT2D eigenvalue weighted by Gasteiger charge is -2.25. The van der Waals surface area contributed by atoms with Gasteiger partial charge in [0.1, 0.15) is 22.9 Å². The fourth-order valence-electron chi connectivity index (χ4n) is 5.41. The van der Waals surface area contributed by atoms with E-state index in [0.29, 0.717) is 0 Å². The molecule has 2 unspecified atom stereocenters. The number of nitrogens with zero attached hydrogens (tertiary/aromatic N) is 4. The Kier molecular flexibility index (Phi) is 10.8. The predicted molar refractivity (Wildman–Crippen MR) is 190 cm³/mol. The van der Waals surface area contributed by atoms with Crippen molar-refractivity contribution in [1.82, 2.24) is 29.7 Å². The molecule has 48 heavy (non-hydrogen) atoms. The molecule has 2 amide bonds. The normalized spacial score (nSPS) is 13.4. The summed E-state index contributed by atoms with van der Waals surface area (Å²) in [6, 6.07) is 16.0. The molecule has 2 N–H and O–H groups in total. The van der Waals surface area contributed by atoms with Gasteiger partial charge in [0.25, 0.3) is 0 Å². The van der Waals surface area contributed by atoms with Crippen LogP contribution in [-0.2, 0) is 23.6 Å². The van der Waals surface area contributed by atoms with Crippen LogP contribution in [-0.4, -0.2) is 42.5 Å².